The van der Waals surface area contributed by atoms with Crippen LogP contribution in [0.15, 0.2) is 81.2 Å². The summed E-state index contributed by atoms with van der Waals surface area (Å²) in [5, 5.41) is 4.93. The summed E-state index contributed by atoms with van der Waals surface area (Å²) in [5.74, 6) is -1.72. The number of nitrogens with zero attached hydrogens (tertiary/aromatic N) is 1. The van der Waals surface area contributed by atoms with Gasteiger partial charge in [-0.3, -0.25) is 19.7 Å². The van der Waals surface area contributed by atoms with Gasteiger partial charge in [0, 0.05) is 20.2 Å². The molecule has 1 aliphatic heterocycles. The Labute approximate surface area is 223 Å². The van der Waals surface area contributed by atoms with Gasteiger partial charge in [0.25, 0.3) is 17.7 Å². The highest BCUT2D eigenvalue weighted by atomic mass is 79.9. The summed E-state index contributed by atoms with van der Waals surface area (Å²) >= 11 is 6.68. The van der Waals surface area contributed by atoms with Crippen LogP contribution in [0.1, 0.15) is 11.1 Å². The van der Waals surface area contributed by atoms with Crippen LogP contribution in [0.4, 0.5) is 16.2 Å². The minimum atomic E-state index is -0.844. The third-order valence-electron chi connectivity index (χ3n) is 5.15. The Morgan fingerprint density at radius 1 is 0.972 bits per heavy atom. The average molecular weight is 613 g/mol. The maximum Gasteiger partial charge on any atom is 0.335 e. The number of imide groups is 2. The summed E-state index contributed by atoms with van der Waals surface area (Å²) in [4.78, 5) is 51.4. The number of halogens is 2. The lowest BCUT2D eigenvalue weighted by Gasteiger charge is -2.26. The van der Waals surface area contributed by atoms with Crippen molar-refractivity contribution >= 4 is 73.1 Å². The number of rotatable bonds is 6. The van der Waals surface area contributed by atoms with Crippen molar-refractivity contribution in [3.63, 3.8) is 0 Å². The zero-order valence-corrected chi connectivity index (χ0v) is 22.1. The molecule has 0 saturated carbocycles. The van der Waals surface area contributed by atoms with Gasteiger partial charge in [-0.05, 0) is 67.6 Å². The number of barbiturate groups is 1. The fourth-order valence-electron chi connectivity index (χ4n) is 3.38. The van der Waals surface area contributed by atoms with E-state index in [1.54, 1.807) is 54.6 Å². The molecule has 1 fully saturated rings. The van der Waals surface area contributed by atoms with Crippen molar-refractivity contribution in [1.82, 2.24) is 5.32 Å². The number of hydrogen-bond acceptors (Lipinski definition) is 5. The van der Waals surface area contributed by atoms with Gasteiger partial charge >= 0.3 is 6.03 Å². The molecule has 0 atom stereocenters. The van der Waals surface area contributed by atoms with Crippen LogP contribution in [0.3, 0.4) is 0 Å². The number of amides is 5. The van der Waals surface area contributed by atoms with Crippen molar-refractivity contribution in [3.05, 3.63) is 92.4 Å². The van der Waals surface area contributed by atoms with Gasteiger partial charge in [-0.2, -0.15) is 0 Å². The molecule has 0 spiro atoms. The van der Waals surface area contributed by atoms with Gasteiger partial charge in [0.05, 0.1) is 5.69 Å². The Kier molecular flexibility index (Phi) is 7.66. The number of nitrogens with one attached hydrogen (secondary N) is 2. The van der Waals surface area contributed by atoms with Gasteiger partial charge in [0.1, 0.15) is 11.3 Å². The number of anilines is 2. The predicted octanol–water partition coefficient (Wildman–Crippen LogP) is 5.20. The predicted molar refractivity (Wildman–Crippen MR) is 143 cm³/mol. The fraction of sp³-hybridized carbons (Fsp3) is 0.0769. The molecule has 0 aliphatic carbocycles. The number of benzene rings is 3. The second-order valence-corrected chi connectivity index (χ2v) is 9.65. The number of carbonyl (C=O) groups is 4. The van der Waals surface area contributed by atoms with Crippen molar-refractivity contribution in [1.29, 1.82) is 0 Å². The van der Waals surface area contributed by atoms with E-state index in [2.05, 4.69) is 42.5 Å². The first-order chi connectivity index (χ1) is 17.2. The standard InChI is InChI=1S/C26H19Br2N3O5/c1-15-2-7-19(8-3-15)29-23(32)14-36-22-11-6-18(28)12-16(22)13-21-24(33)30-26(35)31(25(21)34)20-9-4-17(27)5-10-20/h2-13H,14H2,1H3,(H,29,32)(H,30,33,35)/b21-13+. The summed E-state index contributed by atoms with van der Waals surface area (Å²) in [6, 6.07) is 18.0. The van der Waals surface area contributed by atoms with Gasteiger partial charge in [0.2, 0.25) is 0 Å². The molecule has 3 aromatic carbocycles. The van der Waals surface area contributed by atoms with E-state index in [0.29, 0.717) is 21.4 Å². The molecule has 10 heteroatoms. The molecule has 0 aromatic heterocycles. The summed E-state index contributed by atoms with van der Waals surface area (Å²) in [6.07, 6.45) is 1.33. The number of carbonyl (C=O) groups excluding carboxylic acids is 4. The van der Waals surface area contributed by atoms with E-state index in [0.717, 1.165) is 14.9 Å². The monoisotopic (exact) mass is 611 g/mol. The smallest absolute Gasteiger partial charge is 0.335 e. The summed E-state index contributed by atoms with van der Waals surface area (Å²) in [5.41, 5.74) is 2.12. The van der Waals surface area contributed by atoms with Crippen LogP contribution in [0, 0.1) is 6.92 Å². The van der Waals surface area contributed by atoms with Gasteiger partial charge in [-0.15, -0.1) is 0 Å². The molecule has 0 bridgehead atoms. The lowest BCUT2D eigenvalue weighted by atomic mass is 10.1. The zero-order valence-electron chi connectivity index (χ0n) is 18.9. The third-order valence-corrected chi connectivity index (χ3v) is 6.17. The molecule has 2 N–H and O–H groups in total. The first-order valence-corrected chi connectivity index (χ1v) is 12.3. The molecule has 8 nitrogen and oxygen atoms in total. The molecule has 1 heterocycles. The molecular formula is C26H19Br2N3O5. The van der Waals surface area contributed by atoms with Crippen LogP contribution >= 0.6 is 31.9 Å². The molecular weight excluding hydrogens is 594 g/mol. The average Bonchev–Trinajstić information content (AvgIpc) is 2.84. The van der Waals surface area contributed by atoms with E-state index in [1.165, 1.54) is 6.08 Å². The van der Waals surface area contributed by atoms with E-state index in [9.17, 15) is 19.2 Å². The highest BCUT2D eigenvalue weighted by Gasteiger charge is 2.37. The van der Waals surface area contributed by atoms with Crippen LogP contribution in [0.2, 0.25) is 0 Å². The largest absolute Gasteiger partial charge is 0.483 e. The lowest BCUT2D eigenvalue weighted by Crippen LogP contribution is -2.54. The Balaban J connectivity index is 1.57. The SMILES string of the molecule is Cc1ccc(NC(=O)COc2ccc(Br)cc2/C=C2\C(=O)NC(=O)N(c3ccc(Br)cc3)C2=O)cc1. The van der Waals surface area contributed by atoms with Crippen LogP contribution < -0.4 is 20.3 Å². The third kappa shape index (κ3) is 5.89. The van der Waals surface area contributed by atoms with Crippen molar-refractivity contribution < 1.29 is 23.9 Å². The van der Waals surface area contributed by atoms with Gasteiger partial charge in [0.15, 0.2) is 6.61 Å². The van der Waals surface area contributed by atoms with Crippen molar-refractivity contribution in [3.8, 4) is 5.75 Å². The summed E-state index contributed by atoms with van der Waals surface area (Å²) in [6.45, 7) is 1.65. The Morgan fingerprint density at radius 2 is 1.64 bits per heavy atom. The second-order valence-electron chi connectivity index (χ2n) is 7.82. The first kappa shape index (κ1) is 25.3. The molecule has 182 valence electrons. The molecule has 1 saturated heterocycles. The maximum absolute atomic E-state index is 13.2. The van der Waals surface area contributed by atoms with Gasteiger partial charge in [-0.25, -0.2) is 9.69 Å². The van der Waals surface area contributed by atoms with E-state index in [1.807, 2.05) is 19.1 Å². The van der Waals surface area contributed by atoms with Gasteiger partial charge in [-0.1, -0.05) is 49.6 Å². The molecule has 0 unspecified atom stereocenters. The Hall–Kier alpha value is -3.76. The number of aryl methyl sites for hydroxylation is 1. The molecule has 36 heavy (non-hydrogen) atoms. The Bertz CT molecular complexity index is 1390. The van der Waals surface area contributed by atoms with Crippen LogP contribution in [-0.4, -0.2) is 30.4 Å². The highest BCUT2D eigenvalue weighted by Crippen LogP contribution is 2.28. The molecule has 0 radical (unpaired) electrons. The highest BCUT2D eigenvalue weighted by molar-refractivity contribution is 9.10. The van der Waals surface area contributed by atoms with E-state index < -0.39 is 17.8 Å². The Morgan fingerprint density at radius 3 is 2.33 bits per heavy atom. The van der Waals surface area contributed by atoms with E-state index in [4.69, 9.17) is 4.74 Å². The van der Waals surface area contributed by atoms with Crippen LogP contribution in [0.5, 0.6) is 5.75 Å². The van der Waals surface area contributed by atoms with Crippen LogP contribution in [0.25, 0.3) is 6.08 Å². The molecule has 1 aliphatic rings. The quantitative estimate of drug-likeness (QED) is 0.294. The lowest BCUT2D eigenvalue weighted by molar-refractivity contribution is -0.122. The van der Waals surface area contributed by atoms with Gasteiger partial charge < -0.3 is 10.1 Å². The number of urea groups is 1. The maximum atomic E-state index is 13.2. The van der Waals surface area contributed by atoms with Crippen molar-refractivity contribution in [2.45, 2.75) is 6.92 Å². The van der Waals surface area contributed by atoms with Crippen molar-refractivity contribution in [2.24, 2.45) is 0 Å². The minimum Gasteiger partial charge on any atom is -0.483 e. The van der Waals surface area contributed by atoms with E-state index in [-0.39, 0.29) is 23.8 Å². The van der Waals surface area contributed by atoms with Crippen LogP contribution in [-0.2, 0) is 14.4 Å². The zero-order chi connectivity index (χ0) is 25.8. The normalized spacial score (nSPS) is 14.6. The summed E-state index contributed by atoms with van der Waals surface area (Å²) < 4.78 is 7.13. The summed E-state index contributed by atoms with van der Waals surface area (Å²) in [7, 11) is 0. The van der Waals surface area contributed by atoms with Crippen molar-refractivity contribution in [2.75, 3.05) is 16.8 Å². The topological polar surface area (TPSA) is 105 Å². The molecule has 4 rings (SSSR count). The minimum absolute atomic E-state index is 0.260. The molecule has 5 amide bonds. The first-order valence-electron chi connectivity index (χ1n) is 10.7. The number of ether oxygens (including phenoxy) is 1. The molecule has 3 aromatic rings. The number of hydrogen-bond donors (Lipinski definition) is 2. The fourth-order valence-corrected chi connectivity index (χ4v) is 4.02. The second kappa shape index (κ2) is 10.9. The van der Waals surface area contributed by atoms with E-state index >= 15 is 0 Å².